The molecule has 2 aromatic heterocycles. The van der Waals surface area contributed by atoms with Crippen molar-refractivity contribution < 1.29 is 0 Å². The van der Waals surface area contributed by atoms with Crippen molar-refractivity contribution >= 4 is 72.0 Å². The van der Waals surface area contributed by atoms with E-state index in [1.54, 1.807) is 16.8 Å². The van der Waals surface area contributed by atoms with Crippen LogP contribution in [0.5, 0.6) is 0 Å². The monoisotopic (exact) mass is 990 g/mol. The maximum Gasteiger partial charge on any atom is 0.0541 e. The van der Waals surface area contributed by atoms with Crippen molar-refractivity contribution in [1.29, 1.82) is 0 Å². The number of hydrogen-bond acceptors (Lipinski definition) is 3. The Kier molecular flexibility index (Phi) is 10.9. The highest BCUT2D eigenvalue weighted by Crippen LogP contribution is 2.52. The lowest BCUT2D eigenvalue weighted by atomic mass is 9.85. The number of hydrogen-bond donors (Lipinski definition) is 0. The summed E-state index contributed by atoms with van der Waals surface area (Å²) in [5, 5.41) is 5.41. The lowest BCUT2D eigenvalue weighted by Gasteiger charge is -2.44. The summed E-state index contributed by atoms with van der Waals surface area (Å²) in [6, 6.07) is 46.2. The Hall–Kier alpha value is -6.46. The minimum atomic E-state index is 0.0543. The molecule has 0 saturated carbocycles. The molecule has 4 aliphatic rings. The molecule has 5 heteroatoms. The first-order chi connectivity index (χ1) is 35.7. The number of aromatic nitrogens is 2. The molecule has 7 aromatic carbocycles. The fourth-order valence-electron chi connectivity index (χ4n) is 13.9. The van der Waals surface area contributed by atoms with Gasteiger partial charge in [0.25, 0.3) is 0 Å². The lowest BCUT2D eigenvalue weighted by Crippen LogP contribution is -2.37. The van der Waals surface area contributed by atoms with Crippen molar-refractivity contribution in [1.82, 2.24) is 9.13 Å². The zero-order chi connectivity index (χ0) is 52.1. The van der Waals surface area contributed by atoms with Gasteiger partial charge in [-0.1, -0.05) is 119 Å². The van der Waals surface area contributed by atoms with E-state index in [9.17, 15) is 0 Å². The summed E-state index contributed by atoms with van der Waals surface area (Å²) >= 11 is 0. The smallest absolute Gasteiger partial charge is 0.0541 e. The van der Waals surface area contributed by atoms with Crippen molar-refractivity contribution in [2.75, 3.05) is 40.9 Å². The summed E-state index contributed by atoms with van der Waals surface area (Å²) in [7, 11) is 0. The second-order valence-electron chi connectivity index (χ2n) is 27.1. The van der Waals surface area contributed by atoms with Gasteiger partial charge in [0.1, 0.15) is 0 Å². The van der Waals surface area contributed by atoms with Crippen LogP contribution in [-0.4, -0.2) is 35.3 Å². The Morgan fingerprint density at radius 2 is 0.613 bits per heavy atom. The first-order valence-corrected chi connectivity index (χ1v) is 28.7. The van der Waals surface area contributed by atoms with E-state index < -0.39 is 0 Å². The van der Waals surface area contributed by atoms with Gasteiger partial charge in [-0.05, 0) is 196 Å². The molecule has 384 valence electrons. The first-order valence-electron chi connectivity index (χ1n) is 28.7. The molecule has 9 aromatic rings. The molecule has 13 rings (SSSR count). The zero-order valence-electron chi connectivity index (χ0n) is 47.2. The molecule has 0 spiro atoms. The summed E-state index contributed by atoms with van der Waals surface area (Å²) in [6.07, 6.45) is 9.01. The minimum Gasteiger partial charge on any atom is -0.371 e. The number of fused-ring (bicyclic) bond motifs is 8. The van der Waals surface area contributed by atoms with Gasteiger partial charge >= 0.3 is 0 Å². The average Bonchev–Trinajstić information content (AvgIpc) is 3.89. The van der Waals surface area contributed by atoms with Crippen LogP contribution in [0, 0.1) is 0 Å². The highest BCUT2D eigenvalue weighted by molar-refractivity contribution is 6.11. The zero-order valence-corrected chi connectivity index (χ0v) is 47.2. The minimum absolute atomic E-state index is 0.0543. The van der Waals surface area contributed by atoms with Gasteiger partial charge in [-0.25, -0.2) is 0 Å². The maximum absolute atomic E-state index is 2.78. The number of rotatable bonds is 4. The van der Waals surface area contributed by atoms with Crippen molar-refractivity contribution in [3.8, 4) is 11.4 Å². The van der Waals surface area contributed by atoms with E-state index in [1.165, 1.54) is 124 Å². The molecule has 0 saturated heterocycles. The van der Waals surface area contributed by atoms with Gasteiger partial charge in [-0.2, -0.15) is 0 Å². The Balaban J connectivity index is 0.979. The van der Waals surface area contributed by atoms with Crippen LogP contribution < -0.4 is 14.7 Å². The number of nitrogens with zero attached hydrogens (tertiary/aromatic N) is 5. The third-order valence-corrected chi connectivity index (χ3v) is 18.0. The molecule has 75 heavy (non-hydrogen) atoms. The van der Waals surface area contributed by atoms with Crippen LogP contribution in [-0.2, 0) is 47.3 Å². The van der Waals surface area contributed by atoms with Gasteiger partial charge in [-0.15, -0.1) is 0 Å². The van der Waals surface area contributed by atoms with Crippen molar-refractivity contribution in [2.45, 2.75) is 156 Å². The standard InChI is InChI=1S/C70H79N5/c1-67(2,3)44-27-31-60-52(39-44)53-40-45(68(4,5)6)28-32-61(53)74(60)58-25-13-23-56-48(58)19-17-37-72(56)64-43-65(51-22-16-36-71-35-15-21-50(64)66(51)71)73-38-18-20-49-57(73)24-14-26-59(49)75-62-33-29-46(69(7,8)9)41-54(62)55-42-47(70(10,11)12)30-34-63(55)75/h13-14,23-34,39-43H,15-22,35-38H2,1-12H3. The Bertz CT molecular complexity index is 3400. The van der Waals surface area contributed by atoms with Gasteiger partial charge in [0, 0.05) is 76.2 Å². The van der Waals surface area contributed by atoms with E-state index in [2.05, 4.69) is 222 Å². The van der Waals surface area contributed by atoms with Gasteiger partial charge in [0.2, 0.25) is 0 Å². The van der Waals surface area contributed by atoms with Gasteiger partial charge in [-0.3, -0.25) is 0 Å². The third-order valence-electron chi connectivity index (χ3n) is 18.0. The summed E-state index contributed by atoms with van der Waals surface area (Å²) in [4.78, 5) is 8.30. The van der Waals surface area contributed by atoms with E-state index in [1.807, 2.05) is 0 Å². The third kappa shape index (κ3) is 7.75. The largest absolute Gasteiger partial charge is 0.371 e. The molecule has 0 unspecified atom stereocenters. The quantitative estimate of drug-likeness (QED) is 0.175. The molecule has 4 aliphatic heterocycles. The second-order valence-corrected chi connectivity index (χ2v) is 27.1. The average molecular weight is 990 g/mol. The Morgan fingerprint density at radius 1 is 0.307 bits per heavy atom. The molecule has 6 heterocycles. The molecule has 0 bridgehead atoms. The fourth-order valence-corrected chi connectivity index (χ4v) is 13.9. The highest BCUT2D eigenvalue weighted by Gasteiger charge is 2.36. The summed E-state index contributed by atoms with van der Waals surface area (Å²) in [5.74, 6) is 0. The van der Waals surface area contributed by atoms with Crippen LogP contribution in [0.25, 0.3) is 55.0 Å². The number of anilines is 5. The predicted octanol–water partition coefficient (Wildman–Crippen LogP) is 17.9. The van der Waals surface area contributed by atoms with Crippen LogP contribution in [0.3, 0.4) is 0 Å². The SMILES string of the molecule is CC(C)(C)c1ccc2c(c1)c1cc(C(C)(C)C)ccc1n2-c1cccc2c1CCCN2c1cc(N2CCCc3c2cccc3-n2c3ccc(C(C)(C)C)cc3c3cc(C(C)(C)C)ccc32)c2c3c1CCCN3CCC2. The van der Waals surface area contributed by atoms with E-state index in [0.29, 0.717) is 0 Å². The summed E-state index contributed by atoms with van der Waals surface area (Å²) in [6.45, 7) is 32.4. The van der Waals surface area contributed by atoms with E-state index in [0.717, 1.165) is 64.7 Å². The van der Waals surface area contributed by atoms with Gasteiger partial charge < -0.3 is 23.8 Å². The van der Waals surface area contributed by atoms with Gasteiger partial charge in [0.15, 0.2) is 0 Å². The highest BCUT2D eigenvalue weighted by atomic mass is 15.2. The predicted molar refractivity (Wildman–Crippen MR) is 322 cm³/mol. The Labute approximate surface area is 447 Å². The van der Waals surface area contributed by atoms with E-state index in [4.69, 9.17) is 0 Å². The molecular weight excluding hydrogens is 911 g/mol. The van der Waals surface area contributed by atoms with Crippen LogP contribution in [0.15, 0.2) is 115 Å². The molecular formula is C70H79N5. The van der Waals surface area contributed by atoms with Crippen LogP contribution in [0.1, 0.15) is 153 Å². The van der Waals surface area contributed by atoms with Gasteiger partial charge in [0.05, 0.1) is 33.4 Å². The fraction of sp³-hybridized carbons (Fsp3) is 0.400. The lowest BCUT2D eigenvalue weighted by molar-refractivity contribution is 0.590. The molecule has 0 fully saturated rings. The molecule has 5 nitrogen and oxygen atoms in total. The Morgan fingerprint density at radius 3 is 0.947 bits per heavy atom. The van der Waals surface area contributed by atoms with Crippen LogP contribution in [0.2, 0.25) is 0 Å². The van der Waals surface area contributed by atoms with E-state index >= 15 is 0 Å². The normalized spacial score (nSPS) is 16.3. The van der Waals surface area contributed by atoms with Crippen LogP contribution in [0.4, 0.5) is 28.4 Å². The van der Waals surface area contributed by atoms with Crippen molar-refractivity contribution in [2.24, 2.45) is 0 Å². The molecule has 0 N–H and O–H groups in total. The molecule has 0 amide bonds. The summed E-state index contributed by atoms with van der Waals surface area (Å²) < 4.78 is 5.23. The van der Waals surface area contributed by atoms with Crippen molar-refractivity contribution in [3.63, 3.8) is 0 Å². The maximum atomic E-state index is 2.78. The van der Waals surface area contributed by atoms with Crippen molar-refractivity contribution in [3.05, 3.63) is 160 Å². The van der Waals surface area contributed by atoms with E-state index in [-0.39, 0.29) is 21.7 Å². The number of benzene rings is 7. The molecule has 0 radical (unpaired) electrons. The topological polar surface area (TPSA) is 19.6 Å². The second kappa shape index (κ2) is 17.0. The van der Waals surface area contributed by atoms with Crippen LogP contribution >= 0.6 is 0 Å². The summed E-state index contributed by atoms with van der Waals surface area (Å²) in [5.41, 5.74) is 26.8. The molecule has 0 atom stereocenters. The molecule has 0 aliphatic carbocycles. The first kappa shape index (κ1) is 48.2.